The Morgan fingerprint density at radius 1 is 1.05 bits per heavy atom. The molecule has 3 heterocycles. The molecule has 1 aliphatic rings. The number of carbonyl (C=O) groups is 1. The van der Waals surface area contributed by atoms with Crippen molar-refractivity contribution in [3.63, 3.8) is 0 Å². The van der Waals surface area contributed by atoms with Gasteiger partial charge in [-0.15, -0.1) is 0 Å². The lowest BCUT2D eigenvalue weighted by atomic mass is 9.93. The molecule has 5 aromatic rings. The van der Waals surface area contributed by atoms with Crippen molar-refractivity contribution in [3.05, 3.63) is 132 Å². The first kappa shape index (κ1) is 29.7. The fourth-order valence-corrected chi connectivity index (χ4v) is 6.89. The van der Waals surface area contributed by atoms with Gasteiger partial charge in [0.1, 0.15) is 11.8 Å². The summed E-state index contributed by atoms with van der Waals surface area (Å²) < 4.78 is 15.6. The highest BCUT2D eigenvalue weighted by Gasteiger charge is 2.35. The minimum Gasteiger partial charge on any atom is -0.496 e. The molecule has 0 unspecified atom stereocenters. The maximum Gasteiger partial charge on any atom is 0.338 e. The third-order valence-corrected chi connectivity index (χ3v) is 8.93. The lowest BCUT2D eigenvalue weighted by Gasteiger charge is -2.26. The molecule has 0 aliphatic carbocycles. The van der Waals surface area contributed by atoms with Gasteiger partial charge in [-0.3, -0.25) is 9.36 Å². The number of para-hydroxylation sites is 2. The Morgan fingerprint density at radius 3 is 2.55 bits per heavy atom. The maximum atomic E-state index is 14.3. The monoisotopic (exact) mass is 625 g/mol. The number of halogens is 1. The topological polar surface area (TPSA) is 74.8 Å². The van der Waals surface area contributed by atoms with Crippen molar-refractivity contribution in [1.29, 1.82) is 0 Å². The molecular formula is C35H32ClN3O4S. The van der Waals surface area contributed by atoms with Crippen molar-refractivity contribution in [2.24, 2.45) is 4.99 Å². The van der Waals surface area contributed by atoms with Crippen LogP contribution in [0.4, 0.5) is 0 Å². The summed E-state index contributed by atoms with van der Waals surface area (Å²) in [6, 6.07) is 22.7. The first-order valence-corrected chi connectivity index (χ1v) is 15.8. The van der Waals surface area contributed by atoms with Crippen LogP contribution in [0, 0.1) is 0 Å². The smallest absolute Gasteiger partial charge is 0.338 e. The Balaban J connectivity index is 1.55. The lowest BCUT2D eigenvalue weighted by molar-refractivity contribution is -0.139. The van der Waals surface area contributed by atoms with E-state index in [2.05, 4.69) is 22.9 Å². The summed E-state index contributed by atoms with van der Waals surface area (Å²) >= 11 is 7.44. The quantitative estimate of drug-likeness (QED) is 0.182. The molecule has 224 valence electrons. The van der Waals surface area contributed by atoms with Gasteiger partial charge in [0.15, 0.2) is 4.80 Å². The van der Waals surface area contributed by atoms with Gasteiger partial charge in [0.05, 0.1) is 29.5 Å². The first-order valence-electron chi connectivity index (χ1n) is 14.6. The normalized spacial score (nSPS) is 14.9. The van der Waals surface area contributed by atoms with Gasteiger partial charge in [-0.2, -0.15) is 0 Å². The van der Waals surface area contributed by atoms with Crippen LogP contribution in [0.25, 0.3) is 17.0 Å². The molecule has 0 amide bonds. The van der Waals surface area contributed by atoms with Crippen LogP contribution in [-0.4, -0.2) is 28.8 Å². The molecule has 2 aromatic heterocycles. The third kappa shape index (κ3) is 5.51. The van der Waals surface area contributed by atoms with E-state index >= 15 is 0 Å². The van der Waals surface area contributed by atoms with E-state index in [-0.39, 0.29) is 12.2 Å². The molecule has 6 rings (SSSR count). The van der Waals surface area contributed by atoms with Gasteiger partial charge in [-0.25, -0.2) is 9.79 Å². The van der Waals surface area contributed by atoms with Crippen LogP contribution >= 0.6 is 22.9 Å². The van der Waals surface area contributed by atoms with Gasteiger partial charge in [0.25, 0.3) is 5.56 Å². The number of rotatable bonds is 9. The van der Waals surface area contributed by atoms with E-state index in [0.29, 0.717) is 49.9 Å². The SMILES string of the molecule is CCCC1=C(C(=O)OCC)[C@@H](c2ccccc2OC)n2c(s/c(=C/c3cn(Cc4ccc(Cl)cc4)c4ccccc34)c2=O)=N1. The highest BCUT2D eigenvalue weighted by Crippen LogP contribution is 2.37. The number of hydrogen-bond donors (Lipinski definition) is 0. The molecule has 0 spiro atoms. The van der Waals surface area contributed by atoms with Crippen molar-refractivity contribution in [1.82, 2.24) is 9.13 Å². The van der Waals surface area contributed by atoms with E-state index in [9.17, 15) is 9.59 Å². The molecule has 0 saturated heterocycles. The van der Waals surface area contributed by atoms with Crippen molar-refractivity contribution in [2.45, 2.75) is 39.3 Å². The largest absolute Gasteiger partial charge is 0.496 e. The predicted octanol–water partition coefficient (Wildman–Crippen LogP) is 6.24. The molecule has 3 aromatic carbocycles. The van der Waals surface area contributed by atoms with E-state index in [1.165, 1.54) is 11.3 Å². The molecule has 0 saturated carbocycles. The minimum atomic E-state index is -0.739. The summed E-state index contributed by atoms with van der Waals surface area (Å²) in [6.45, 7) is 4.68. The van der Waals surface area contributed by atoms with Crippen LogP contribution in [0.1, 0.15) is 49.4 Å². The van der Waals surface area contributed by atoms with E-state index in [1.807, 2.05) is 73.7 Å². The van der Waals surface area contributed by atoms with Crippen molar-refractivity contribution < 1.29 is 14.3 Å². The van der Waals surface area contributed by atoms with Crippen LogP contribution in [0.5, 0.6) is 5.75 Å². The third-order valence-electron chi connectivity index (χ3n) is 7.70. The summed E-state index contributed by atoms with van der Waals surface area (Å²) in [4.78, 5) is 33.2. The summed E-state index contributed by atoms with van der Waals surface area (Å²) in [7, 11) is 1.59. The van der Waals surface area contributed by atoms with Gasteiger partial charge in [0.2, 0.25) is 0 Å². The summed E-state index contributed by atoms with van der Waals surface area (Å²) in [6.07, 6.45) is 5.35. The molecular weight excluding hydrogens is 594 g/mol. The average Bonchev–Trinajstić information content (AvgIpc) is 3.54. The number of aromatic nitrogens is 2. The van der Waals surface area contributed by atoms with Gasteiger partial charge >= 0.3 is 5.97 Å². The summed E-state index contributed by atoms with van der Waals surface area (Å²) in [5.74, 6) is 0.104. The number of esters is 1. The van der Waals surface area contributed by atoms with Crippen molar-refractivity contribution >= 4 is 45.9 Å². The number of carbonyl (C=O) groups excluding carboxylic acids is 1. The van der Waals surface area contributed by atoms with Gasteiger partial charge < -0.3 is 14.0 Å². The zero-order valence-corrected chi connectivity index (χ0v) is 26.3. The van der Waals surface area contributed by atoms with E-state index in [0.717, 1.165) is 28.5 Å². The number of ether oxygens (including phenoxy) is 2. The standard InChI is InChI=1S/C35H32ClN3O4S/c1-4-10-27-31(34(41)43-5-2)32(26-12-7-9-14-29(26)42-3)39-33(40)30(44-35(39)37-27)19-23-21-38(28-13-8-6-11-25(23)28)20-22-15-17-24(36)18-16-22/h6-9,11-19,21,32H,4-5,10,20H2,1-3H3/b30-19+/t32-/m1/s1. The highest BCUT2D eigenvalue weighted by atomic mass is 35.5. The van der Waals surface area contributed by atoms with E-state index < -0.39 is 12.0 Å². The minimum absolute atomic E-state index is 0.213. The second kappa shape index (κ2) is 12.7. The predicted molar refractivity (Wildman–Crippen MR) is 175 cm³/mol. The molecule has 0 fully saturated rings. The van der Waals surface area contributed by atoms with Gasteiger partial charge in [-0.05, 0) is 49.2 Å². The summed E-state index contributed by atoms with van der Waals surface area (Å²) in [5, 5.41) is 1.73. The maximum absolute atomic E-state index is 14.3. The van der Waals surface area contributed by atoms with Crippen LogP contribution < -0.4 is 19.6 Å². The average molecular weight is 626 g/mol. The molecule has 1 aliphatic heterocycles. The lowest BCUT2D eigenvalue weighted by Crippen LogP contribution is -2.40. The molecule has 0 radical (unpaired) electrons. The first-order chi connectivity index (χ1) is 21.4. The zero-order chi connectivity index (χ0) is 30.8. The second-order valence-electron chi connectivity index (χ2n) is 10.5. The Morgan fingerprint density at radius 2 is 1.80 bits per heavy atom. The molecule has 44 heavy (non-hydrogen) atoms. The number of allylic oxidation sites excluding steroid dienone is 1. The molecule has 9 heteroatoms. The Bertz CT molecular complexity index is 2070. The van der Waals surface area contributed by atoms with Crippen LogP contribution in [0.3, 0.4) is 0 Å². The molecule has 0 N–H and O–H groups in total. The Kier molecular flexibility index (Phi) is 8.55. The fourth-order valence-electron chi connectivity index (χ4n) is 5.76. The Labute approximate surface area is 264 Å². The number of benzene rings is 3. The van der Waals surface area contributed by atoms with E-state index in [4.69, 9.17) is 26.1 Å². The fraction of sp³-hybridized carbons (Fsp3) is 0.229. The zero-order valence-electron chi connectivity index (χ0n) is 24.7. The van der Waals surface area contributed by atoms with E-state index in [1.54, 1.807) is 18.6 Å². The van der Waals surface area contributed by atoms with Crippen molar-refractivity contribution in [3.8, 4) is 5.75 Å². The van der Waals surface area contributed by atoms with Crippen molar-refractivity contribution in [2.75, 3.05) is 13.7 Å². The second-order valence-corrected chi connectivity index (χ2v) is 12.0. The molecule has 1 atom stereocenters. The molecule has 0 bridgehead atoms. The number of thiazole rings is 1. The number of methoxy groups -OCH3 is 1. The number of nitrogens with zero attached hydrogens (tertiary/aromatic N) is 3. The van der Waals surface area contributed by atoms with Gasteiger partial charge in [-0.1, -0.05) is 84.8 Å². The number of hydrogen-bond acceptors (Lipinski definition) is 6. The van der Waals surface area contributed by atoms with Gasteiger partial charge in [0, 0.05) is 39.8 Å². The van der Waals surface area contributed by atoms with Crippen LogP contribution in [-0.2, 0) is 16.1 Å². The highest BCUT2D eigenvalue weighted by molar-refractivity contribution is 7.07. The molecule has 7 nitrogen and oxygen atoms in total. The van der Waals surface area contributed by atoms with Crippen LogP contribution in [0.2, 0.25) is 5.02 Å². The summed E-state index contributed by atoms with van der Waals surface area (Å²) in [5.41, 5.74) is 4.58. The Hall–Kier alpha value is -4.40. The number of fused-ring (bicyclic) bond motifs is 2. The van der Waals surface area contributed by atoms with Crippen LogP contribution in [0.15, 0.2) is 100 Å².